The molecule has 0 radical (unpaired) electrons. The molecule has 2 nitrogen and oxygen atoms in total. The van der Waals surface area contributed by atoms with Gasteiger partial charge >= 0.3 is 5.97 Å². The Labute approximate surface area is 91.7 Å². The molecule has 0 saturated carbocycles. The number of allylic oxidation sites excluding steroid dienone is 2. The van der Waals surface area contributed by atoms with Crippen LogP contribution in [0.3, 0.4) is 0 Å². The first-order chi connectivity index (χ1) is 8.09. The van der Waals surface area contributed by atoms with Crippen LogP contribution in [0.2, 0.25) is 0 Å². The Morgan fingerprint density at radius 2 is 1.93 bits per heavy atom. The molecule has 0 saturated heterocycles. The molecule has 0 aromatic heterocycles. The molecule has 0 fully saturated rings. The molecule has 1 aliphatic carbocycles. The monoisotopic (exact) mass is 202 g/mol. The van der Waals surface area contributed by atoms with Gasteiger partial charge < -0.3 is 4.74 Å². The molecule has 0 amide bonds. The lowest BCUT2D eigenvalue weighted by atomic mass is 10.2. The minimum Gasteiger partial charge on any atom is -0.461 e. The largest absolute Gasteiger partial charge is 0.461 e. The van der Waals surface area contributed by atoms with Crippen LogP contribution in [0.15, 0.2) is 54.6 Å². The topological polar surface area (TPSA) is 26.3 Å². The van der Waals surface area contributed by atoms with Gasteiger partial charge in [0.1, 0.15) is 6.56 Å². The lowest BCUT2D eigenvalue weighted by molar-refractivity contribution is 0.0484. The van der Waals surface area contributed by atoms with Crippen molar-refractivity contribution in [2.75, 3.05) is 6.56 Å². The summed E-state index contributed by atoms with van der Waals surface area (Å²) in [6.45, 7) is -2.02. The highest BCUT2D eigenvalue weighted by Crippen LogP contribution is 2.10. The number of esters is 1. The van der Waals surface area contributed by atoms with E-state index >= 15 is 0 Å². The Hall–Kier alpha value is -1.83. The van der Waals surface area contributed by atoms with E-state index in [0.717, 1.165) is 0 Å². The Balaban J connectivity index is 2.08. The zero-order valence-corrected chi connectivity index (χ0v) is 8.09. The van der Waals surface area contributed by atoms with Crippen LogP contribution in [-0.2, 0) is 4.74 Å². The van der Waals surface area contributed by atoms with E-state index in [1.807, 2.05) is 0 Å². The lowest BCUT2D eigenvalue weighted by Crippen LogP contribution is -2.10. The van der Waals surface area contributed by atoms with Gasteiger partial charge in [-0.25, -0.2) is 4.79 Å². The van der Waals surface area contributed by atoms with Gasteiger partial charge in [-0.1, -0.05) is 42.5 Å². The molecule has 1 aliphatic rings. The fraction of sp³-hybridized carbons (Fsp3) is 0.154. The Bertz CT molecular complexity index is 452. The highest BCUT2D eigenvalue weighted by molar-refractivity contribution is 5.89. The van der Waals surface area contributed by atoms with E-state index in [4.69, 9.17) is 7.48 Å². The van der Waals surface area contributed by atoms with Gasteiger partial charge in [0.2, 0.25) is 0 Å². The molecule has 0 heterocycles. The van der Waals surface area contributed by atoms with Crippen LogP contribution in [0, 0.1) is 5.92 Å². The predicted molar refractivity (Wildman–Crippen MR) is 58.5 cm³/mol. The molecule has 0 bridgehead atoms. The van der Waals surface area contributed by atoms with E-state index in [2.05, 4.69) is 0 Å². The Morgan fingerprint density at radius 3 is 2.60 bits per heavy atom. The maximum atomic E-state index is 11.7. The Kier molecular flexibility index (Phi) is 2.29. The zero-order valence-electron chi connectivity index (χ0n) is 10.1. The molecule has 1 aromatic carbocycles. The molecule has 2 rings (SSSR count). The molecule has 0 N–H and O–H groups in total. The molecular weight excluding hydrogens is 188 g/mol. The Morgan fingerprint density at radius 1 is 1.27 bits per heavy atom. The average molecular weight is 202 g/mol. The molecule has 0 aliphatic heterocycles. The van der Waals surface area contributed by atoms with Gasteiger partial charge in [0.05, 0.1) is 8.30 Å². The fourth-order valence-electron chi connectivity index (χ4n) is 1.27. The summed E-state index contributed by atoms with van der Waals surface area (Å²) < 4.78 is 20.3. The summed E-state index contributed by atoms with van der Waals surface area (Å²) in [5.74, 6) is -1.17. The van der Waals surface area contributed by atoms with Gasteiger partial charge in [0.25, 0.3) is 0 Å². The second-order valence-electron chi connectivity index (χ2n) is 3.17. The van der Waals surface area contributed by atoms with Gasteiger partial charge in [-0.3, -0.25) is 0 Å². The quantitative estimate of drug-likeness (QED) is 0.704. The summed E-state index contributed by atoms with van der Waals surface area (Å²) in [6, 6.07) is 8.40. The standard InChI is InChI=1S/C13H12O2/c14-13(12-8-2-1-3-9-12)15-10-11-6-4-5-7-11/h1-9,11H,10H2/i10D2. The number of rotatable bonds is 3. The van der Waals surface area contributed by atoms with Gasteiger partial charge in [0.15, 0.2) is 0 Å². The number of carbonyl (C=O) groups excluding carboxylic acids is 1. The molecule has 0 atom stereocenters. The highest BCUT2D eigenvalue weighted by atomic mass is 16.5. The van der Waals surface area contributed by atoms with Crippen molar-refractivity contribution in [2.24, 2.45) is 5.92 Å². The first kappa shape index (κ1) is 7.46. The second-order valence-corrected chi connectivity index (χ2v) is 3.17. The van der Waals surface area contributed by atoms with Gasteiger partial charge in [0, 0.05) is 5.92 Å². The van der Waals surface area contributed by atoms with Crippen LogP contribution in [0.5, 0.6) is 0 Å². The molecular formula is C13H12O2. The third-order valence-electron chi connectivity index (χ3n) is 2.05. The van der Waals surface area contributed by atoms with Crippen molar-refractivity contribution in [1.29, 1.82) is 0 Å². The van der Waals surface area contributed by atoms with Crippen LogP contribution in [0.25, 0.3) is 0 Å². The number of hydrogen-bond donors (Lipinski definition) is 0. The van der Waals surface area contributed by atoms with E-state index in [1.165, 1.54) is 0 Å². The highest BCUT2D eigenvalue weighted by Gasteiger charge is 2.09. The van der Waals surface area contributed by atoms with Crippen molar-refractivity contribution in [1.82, 2.24) is 0 Å². The van der Waals surface area contributed by atoms with Crippen LogP contribution >= 0.6 is 0 Å². The molecule has 76 valence electrons. The van der Waals surface area contributed by atoms with Crippen molar-refractivity contribution in [2.45, 2.75) is 0 Å². The third-order valence-corrected chi connectivity index (χ3v) is 2.05. The third kappa shape index (κ3) is 2.56. The number of ether oxygens (including phenoxy) is 1. The van der Waals surface area contributed by atoms with Gasteiger partial charge in [-0.15, -0.1) is 0 Å². The summed E-state index contributed by atoms with van der Waals surface area (Å²) in [5.41, 5.74) is 0.349. The van der Waals surface area contributed by atoms with E-state index in [-0.39, 0.29) is 0 Å². The van der Waals surface area contributed by atoms with Crippen LogP contribution in [0.1, 0.15) is 13.1 Å². The maximum Gasteiger partial charge on any atom is 0.338 e. The normalized spacial score (nSPS) is 17.3. The van der Waals surface area contributed by atoms with Gasteiger partial charge in [-0.2, -0.15) is 0 Å². The van der Waals surface area contributed by atoms with Crippen LogP contribution in [0.4, 0.5) is 0 Å². The summed E-state index contributed by atoms with van der Waals surface area (Å²) >= 11 is 0. The maximum absolute atomic E-state index is 11.7. The molecule has 0 spiro atoms. The second kappa shape index (κ2) is 4.60. The van der Waals surface area contributed by atoms with Crippen molar-refractivity contribution < 1.29 is 12.3 Å². The fourth-order valence-corrected chi connectivity index (χ4v) is 1.27. The minimum absolute atomic E-state index is 0.349. The number of carbonyl (C=O) groups is 1. The summed E-state index contributed by atoms with van der Waals surface area (Å²) in [6.07, 6.45) is 6.80. The van der Waals surface area contributed by atoms with Crippen molar-refractivity contribution in [3.8, 4) is 0 Å². The van der Waals surface area contributed by atoms with Gasteiger partial charge in [-0.05, 0) is 12.1 Å². The number of benzene rings is 1. The van der Waals surface area contributed by atoms with E-state index in [0.29, 0.717) is 5.56 Å². The van der Waals surface area contributed by atoms with Crippen molar-refractivity contribution in [3.63, 3.8) is 0 Å². The van der Waals surface area contributed by atoms with E-state index in [1.54, 1.807) is 54.6 Å². The molecule has 1 aromatic rings. The first-order valence-corrected chi connectivity index (χ1v) is 4.73. The minimum atomic E-state index is -2.02. The van der Waals surface area contributed by atoms with E-state index < -0.39 is 18.4 Å². The summed E-state index contributed by atoms with van der Waals surface area (Å²) in [7, 11) is 0. The van der Waals surface area contributed by atoms with Crippen LogP contribution in [-0.4, -0.2) is 12.5 Å². The average Bonchev–Trinajstić information content (AvgIpc) is 2.84. The number of hydrogen-bond acceptors (Lipinski definition) is 2. The van der Waals surface area contributed by atoms with Crippen molar-refractivity contribution in [3.05, 3.63) is 60.2 Å². The smallest absolute Gasteiger partial charge is 0.338 e. The first-order valence-electron chi connectivity index (χ1n) is 5.73. The lowest BCUT2D eigenvalue weighted by Gasteiger charge is -2.07. The van der Waals surface area contributed by atoms with Crippen molar-refractivity contribution >= 4 is 5.97 Å². The zero-order chi connectivity index (χ0) is 12.3. The van der Waals surface area contributed by atoms with Crippen LogP contribution < -0.4 is 0 Å². The molecule has 0 unspecified atom stereocenters. The summed E-state index contributed by atoms with van der Waals surface area (Å²) in [5, 5.41) is 0. The summed E-state index contributed by atoms with van der Waals surface area (Å²) in [4.78, 5) is 11.7. The predicted octanol–water partition coefficient (Wildman–Crippen LogP) is 2.59. The molecule has 15 heavy (non-hydrogen) atoms. The van der Waals surface area contributed by atoms with E-state index in [9.17, 15) is 4.79 Å². The SMILES string of the molecule is [2H]C([2H])(OC(=O)c1ccccc1)C1C=CC=C1. The molecule has 2 heteroatoms.